The molecule has 0 aromatic carbocycles. The first-order valence-electron chi connectivity index (χ1n) is 4.28. The highest BCUT2D eigenvalue weighted by atomic mass is 32.2. The van der Waals surface area contributed by atoms with Crippen LogP contribution >= 0.6 is 11.3 Å². The number of rotatable bonds is 5. The van der Waals surface area contributed by atoms with Crippen LogP contribution in [-0.2, 0) is 14.6 Å². The molecule has 0 spiro atoms. The van der Waals surface area contributed by atoms with Crippen molar-refractivity contribution in [2.45, 2.75) is 24.0 Å². The Bertz CT molecular complexity index is 390. The van der Waals surface area contributed by atoms with E-state index in [0.717, 1.165) is 0 Å². The van der Waals surface area contributed by atoms with Gasteiger partial charge in [-0.3, -0.25) is 0 Å². The highest BCUT2D eigenvalue weighted by molar-refractivity contribution is 7.93. The van der Waals surface area contributed by atoms with E-state index in [4.69, 9.17) is 0 Å². The third-order valence-electron chi connectivity index (χ3n) is 1.74. The Labute approximate surface area is 87.7 Å². The molecule has 0 N–H and O–H groups in total. The van der Waals surface area contributed by atoms with E-state index in [9.17, 15) is 13.2 Å². The summed E-state index contributed by atoms with van der Waals surface area (Å²) in [5.41, 5.74) is 0. The Hall–Kier alpha value is -0.680. The van der Waals surface area contributed by atoms with Crippen molar-refractivity contribution in [3.8, 4) is 0 Å². The van der Waals surface area contributed by atoms with Crippen molar-refractivity contribution in [1.29, 1.82) is 0 Å². The van der Waals surface area contributed by atoms with Gasteiger partial charge in [-0.2, -0.15) is 0 Å². The van der Waals surface area contributed by atoms with Crippen molar-refractivity contribution in [3.05, 3.63) is 17.5 Å². The fraction of sp³-hybridized carbons (Fsp3) is 0.444. The minimum Gasteiger partial charge on any atom is -0.300 e. The Morgan fingerprint density at radius 2 is 2.21 bits per heavy atom. The van der Waals surface area contributed by atoms with Crippen LogP contribution in [0.3, 0.4) is 0 Å². The van der Waals surface area contributed by atoms with Gasteiger partial charge < -0.3 is 4.79 Å². The molecule has 0 aliphatic heterocycles. The average molecular weight is 232 g/mol. The second kappa shape index (κ2) is 4.70. The van der Waals surface area contributed by atoms with E-state index >= 15 is 0 Å². The number of carbonyl (C=O) groups excluding carboxylic acids is 1. The van der Waals surface area contributed by atoms with Crippen molar-refractivity contribution in [3.63, 3.8) is 0 Å². The molecule has 0 fully saturated rings. The van der Waals surface area contributed by atoms with Crippen LogP contribution in [0.2, 0.25) is 0 Å². The van der Waals surface area contributed by atoms with Crippen molar-refractivity contribution in [2.75, 3.05) is 5.75 Å². The summed E-state index contributed by atoms with van der Waals surface area (Å²) in [6, 6.07) is 3.30. The van der Waals surface area contributed by atoms with Crippen molar-refractivity contribution >= 4 is 27.0 Å². The summed E-state index contributed by atoms with van der Waals surface area (Å²) in [7, 11) is -3.15. The first-order chi connectivity index (χ1) is 6.52. The highest BCUT2D eigenvalue weighted by Crippen LogP contribution is 2.18. The van der Waals surface area contributed by atoms with Gasteiger partial charge in [0.2, 0.25) is 0 Å². The van der Waals surface area contributed by atoms with Gasteiger partial charge in [-0.15, -0.1) is 11.3 Å². The Kier molecular flexibility index (Phi) is 3.83. The molecular formula is C9H12O3S2. The quantitative estimate of drug-likeness (QED) is 0.779. The number of thiophene rings is 1. The maximum absolute atomic E-state index is 11.6. The van der Waals surface area contributed by atoms with Crippen LogP contribution in [-0.4, -0.2) is 20.0 Å². The maximum atomic E-state index is 11.6. The van der Waals surface area contributed by atoms with Crippen LogP contribution in [0.15, 0.2) is 21.7 Å². The van der Waals surface area contributed by atoms with Crippen molar-refractivity contribution in [1.82, 2.24) is 0 Å². The molecule has 0 saturated carbocycles. The molecule has 78 valence electrons. The largest absolute Gasteiger partial charge is 0.300 e. The summed E-state index contributed by atoms with van der Waals surface area (Å²) in [6.45, 7) is 1.47. The van der Waals surface area contributed by atoms with Gasteiger partial charge in [-0.25, -0.2) is 8.42 Å². The van der Waals surface area contributed by atoms with Crippen LogP contribution < -0.4 is 0 Å². The summed E-state index contributed by atoms with van der Waals surface area (Å²) in [5.74, 6) is 0.0963. The average Bonchev–Trinajstić information content (AvgIpc) is 2.54. The molecule has 1 heterocycles. The zero-order valence-corrected chi connectivity index (χ0v) is 9.53. The molecule has 0 unspecified atom stereocenters. The molecule has 3 nitrogen and oxygen atoms in total. The van der Waals surface area contributed by atoms with Gasteiger partial charge in [0.1, 0.15) is 9.99 Å². The van der Waals surface area contributed by atoms with E-state index in [1.807, 2.05) is 0 Å². The molecular weight excluding hydrogens is 220 g/mol. The van der Waals surface area contributed by atoms with E-state index in [1.165, 1.54) is 18.3 Å². The van der Waals surface area contributed by atoms with Crippen LogP contribution in [0, 0.1) is 0 Å². The predicted octanol–water partition coefficient (Wildman–Crippen LogP) is 1.89. The minimum absolute atomic E-state index is 0.0337. The number of hydrogen-bond donors (Lipinski definition) is 0. The fourth-order valence-corrected chi connectivity index (χ4v) is 3.52. The smallest absolute Gasteiger partial charge is 0.187 e. The van der Waals surface area contributed by atoms with Gasteiger partial charge >= 0.3 is 0 Å². The minimum atomic E-state index is -3.15. The molecule has 0 saturated heterocycles. The molecule has 1 aromatic rings. The SMILES string of the molecule is CC(=O)CCCS(=O)(=O)c1cccs1. The molecule has 0 aliphatic rings. The molecule has 1 rings (SSSR count). The summed E-state index contributed by atoms with van der Waals surface area (Å²) in [4.78, 5) is 10.6. The second-order valence-electron chi connectivity index (χ2n) is 3.06. The van der Waals surface area contributed by atoms with Gasteiger partial charge in [0.05, 0.1) is 5.75 Å². The lowest BCUT2D eigenvalue weighted by Gasteiger charge is -1.99. The summed E-state index contributed by atoms with van der Waals surface area (Å²) in [6.07, 6.45) is 0.750. The lowest BCUT2D eigenvalue weighted by Crippen LogP contribution is -2.06. The topological polar surface area (TPSA) is 51.2 Å². The highest BCUT2D eigenvalue weighted by Gasteiger charge is 2.14. The van der Waals surface area contributed by atoms with Crippen molar-refractivity contribution in [2.24, 2.45) is 0 Å². The van der Waals surface area contributed by atoms with E-state index in [1.54, 1.807) is 17.5 Å². The summed E-state index contributed by atoms with van der Waals surface area (Å²) in [5, 5.41) is 1.73. The van der Waals surface area contributed by atoms with E-state index in [2.05, 4.69) is 0 Å². The second-order valence-corrected chi connectivity index (χ2v) is 6.34. The Morgan fingerprint density at radius 1 is 1.50 bits per heavy atom. The number of Topliss-reactive ketones (excluding diaryl/α,β-unsaturated/α-hetero) is 1. The lowest BCUT2D eigenvalue weighted by molar-refractivity contribution is -0.117. The van der Waals surface area contributed by atoms with Gasteiger partial charge in [0, 0.05) is 6.42 Å². The monoisotopic (exact) mass is 232 g/mol. The molecule has 0 aliphatic carbocycles. The van der Waals surface area contributed by atoms with Crippen LogP contribution in [0.4, 0.5) is 0 Å². The molecule has 0 bridgehead atoms. The number of sulfone groups is 1. The standard InChI is InChI=1S/C9H12O3S2/c1-8(10)4-3-7-14(11,12)9-5-2-6-13-9/h2,5-6H,3-4,7H2,1H3. The van der Waals surface area contributed by atoms with Gasteiger partial charge in [0.25, 0.3) is 0 Å². The van der Waals surface area contributed by atoms with Gasteiger partial charge in [0.15, 0.2) is 9.84 Å². The molecule has 0 amide bonds. The molecule has 1 aromatic heterocycles. The molecule has 14 heavy (non-hydrogen) atoms. The molecule has 5 heteroatoms. The fourth-order valence-electron chi connectivity index (χ4n) is 1.05. The van der Waals surface area contributed by atoms with Crippen LogP contribution in [0.25, 0.3) is 0 Å². The third-order valence-corrected chi connectivity index (χ3v) is 5.03. The van der Waals surface area contributed by atoms with Gasteiger partial charge in [-0.05, 0) is 24.8 Å². The zero-order valence-electron chi connectivity index (χ0n) is 7.89. The summed E-state index contributed by atoms with van der Waals surface area (Å²) < 4.78 is 23.5. The number of ketones is 1. The normalized spacial score (nSPS) is 11.5. The first kappa shape index (κ1) is 11.4. The number of carbonyl (C=O) groups is 1. The lowest BCUT2D eigenvalue weighted by atomic mass is 10.3. The van der Waals surface area contributed by atoms with Gasteiger partial charge in [-0.1, -0.05) is 6.07 Å². The van der Waals surface area contributed by atoms with E-state index in [-0.39, 0.29) is 11.5 Å². The third kappa shape index (κ3) is 3.23. The zero-order chi connectivity index (χ0) is 10.6. The van der Waals surface area contributed by atoms with E-state index < -0.39 is 9.84 Å². The number of hydrogen-bond acceptors (Lipinski definition) is 4. The maximum Gasteiger partial charge on any atom is 0.187 e. The Balaban J connectivity index is 2.56. The Morgan fingerprint density at radius 3 is 2.71 bits per heavy atom. The first-order valence-corrected chi connectivity index (χ1v) is 6.81. The summed E-state index contributed by atoms with van der Waals surface area (Å²) >= 11 is 1.22. The predicted molar refractivity (Wildman–Crippen MR) is 56.3 cm³/mol. The molecule has 0 atom stereocenters. The van der Waals surface area contributed by atoms with Crippen LogP contribution in [0.5, 0.6) is 0 Å². The van der Waals surface area contributed by atoms with E-state index in [0.29, 0.717) is 17.1 Å². The van der Waals surface area contributed by atoms with Crippen LogP contribution in [0.1, 0.15) is 19.8 Å². The van der Waals surface area contributed by atoms with Crippen molar-refractivity contribution < 1.29 is 13.2 Å². The molecule has 0 radical (unpaired) electrons.